The number of ether oxygens (including phenoxy) is 2. The third-order valence-corrected chi connectivity index (χ3v) is 4.25. The van der Waals surface area contributed by atoms with E-state index < -0.39 is 0 Å². The summed E-state index contributed by atoms with van der Waals surface area (Å²) in [6, 6.07) is 6.21. The lowest BCUT2D eigenvalue weighted by molar-refractivity contribution is -0.109. The fourth-order valence-corrected chi connectivity index (χ4v) is 2.68. The average molecular weight is 362 g/mol. The molecule has 0 fully saturated rings. The molecule has 0 aliphatic carbocycles. The lowest BCUT2D eigenvalue weighted by Crippen LogP contribution is -2.12. The summed E-state index contributed by atoms with van der Waals surface area (Å²) in [4.78, 5) is 10.2. The van der Waals surface area contributed by atoms with Gasteiger partial charge in [0.1, 0.15) is 5.75 Å². The van der Waals surface area contributed by atoms with Crippen LogP contribution in [0.4, 0.5) is 0 Å². The Kier molecular flexibility index (Phi) is 12.1. The summed E-state index contributed by atoms with van der Waals surface area (Å²) in [7, 11) is 0. The summed E-state index contributed by atoms with van der Waals surface area (Å²) >= 11 is 0. The van der Waals surface area contributed by atoms with E-state index in [4.69, 9.17) is 9.47 Å². The molecular formula is C22H35NO3. The molecule has 0 aromatic heterocycles. The molecule has 0 aliphatic rings. The van der Waals surface area contributed by atoms with Crippen molar-refractivity contribution in [2.24, 2.45) is 0 Å². The fourth-order valence-electron chi connectivity index (χ4n) is 2.68. The molecule has 1 N–H and O–H groups in total. The van der Waals surface area contributed by atoms with Gasteiger partial charge in [-0.25, -0.2) is 0 Å². The Morgan fingerprint density at radius 2 is 1.85 bits per heavy atom. The third kappa shape index (κ3) is 10.1. The maximum Gasteiger partial charge on any atom is 0.207 e. The molecule has 4 heteroatoms. The maximum absolute atomic E-state index is 10.2. The van der Waals surface area contributed by atoms with E-state index in [9.17, 15) is 4.79 Å². The van der Waals surface area contributed by atoms with Crippen molar-refractivity contribution >= 4 is 12.5 Å². The van der Waals surface area contributed by atoms with Gasteiger partial charge in [0.05, 0.1) is 19.0 Å². The number of unbranched alkanes of at least 4 members (excludes halogenated alkanes) is 5. The van der Waals surface area contributed by atoms with Crippen LogP contribution in [0.3, 0.4) is 0 Å². The zero-order valence-corrected chi connectivity index (χ0v) is 16.7. The molecule has 0 radical (unpaired) electrons. The van der Waals surface area contributed by atoms with Crippen LogP contribution in [0.15, 0.2) is 24.0 Å². The predicted octanol–water partition coefficient (Wildman–Crippen LogP) is 5.25. The summed E-state index contributed by atoms with van der Waals surface area (Å²) in [5.74, 6) is 1.84. The van der Waals surface area contributed by atoms with Crippen LogP contribution in [0.2, 0.25) is 0 Å². The molecule has 0 spiro atoms. The van der Waals surface area contributed by atoms with Gasteiger partial charge in [0.15, 0.2) is 0 Å². The molecule has 146 valence electrons. The topological polar surface area (TPSA) is 47.6 Å². The minimum absolute atomic E-state index is 0.668. The molecule has 1 amide bonds. The zero-order chi connectivity index (χ0) is 19.0. The van der Waals surface area contributed by atoms with E-state index in [-0.39, 0.29) is 0 Å². The SMILES string of the molecule is CCCCCCCOc1ccc(/C=C(\C)OCCCCNC=O)c(C)c1. The van der Waals surface area contributed by atoms with Gasteiger partial charge in [0.25, 0.3) is 0 Å². The molecular weight excluding hydrogens is 326 g/mol. The first-order valence-corrected chi connectivity index (χ1v) is 9.89. The zero-order valence-electron chi connectivity index (χ0n) is 16.7. The number of amides is 1. The minimum Gasteiger partial charge on any atom is -0.498 e. The number of benzene rings is 1. The van der Waals surface area contributed by atoms with Crippen LogP contribution >= 0.6 is 0 Å². The quantitative estimate of drug-likeness (QED) is 0.264. The van der Waals surface area contributed by atoms with Gasteiger partial charge in [-0.05, 0) is 62.4 Å². The Bertz CT molecular complexity index is 540. The third-order valence-electron chi connectivity index (χ3n) is 4.25. The number of allylic oxidation sites excluding steroid dienone is 1. The Labute approximate surface area is 159 Å². The number of carbonyl (C=O) groups excluding carboxylic acids is 1. The van der Waals surface area contributed by atoms with E-state index in [2.05, 4.69) is 37.4 Å². The van der Waals surface area contributed by atoms with Crippen LogP contribution < -0.4 is 10.1 Å². The molecule has 0 heterocycles. The number of hydrogen-bond donors (Lipinski definition) is 1. The van der Waals surface area contributed by atoms with Gasteiger partial charge in [-0.15, -0.1) is 0 Å². The van der Waals surface area contributed by atoms with Crippen LogP contribution in [-0.4, -0.2) is 26.2 Å². The Hall–Kier alpha value is -1.97. The largest absolute Gasteiger partial charge is 0.498 e. The standard InChI is InChI=1S/C22H35NO3/c1-4-5-6-7-9-15-26-22-12-11-21(19(2)16-22)17-20(3)25-14-10-8-13-23-18-24/h11-12,16-18H,4-10,13-15H2,1-3H3,(H,23,24)/b20-17+. The molecule has 26 heavy (non-hydrogen) atoms. The number of rotatable bonds is 15. The first kappa shape index (κ1) is 22.1. The van der Waals surface area contributed by atoms with Crippen LogP contribution in [-0.2, 0) is 9.53 Å². The Morgan fingerprint density at radius 1 is 1.08 bits per heavy atom. The van der Waals surface area contributed by atoms with Crippen molar-refractivity contribution in [1.29, 1.82) is 0 Å². The van der Waals surface area contributed by atoms with Crippen molar-refractivity contribution in [2.75, 3.05) is 19.8 Å². The molecule has 0 atom stereocenters. The van der Waals surface area contributed by atoms with E-state index in [1.165, 1.54) is 31.2 Å². The van der Waals surface area contributed by atoms with E-state index in [0.717, 1.165) is 49.4 Å². The van der Waals surface area contributed by atoms with Crippen LogP contribution in [0.5, 0.6) is 5.75 Å². The van der Waals surface area contributed by atoms with Gasteiger partial charge in [-0.2, -0.15) is 0 Å². The van der Waals surface area contributed by atoms with Gasteiger partial charge in [-0.1, -0.05) is 38.7 Å². The van der Waals surface area contributed by atoms with Gasteiger partial charge in [0.2, 0.25) is 6.41 Å². The highest BCUT2D eigenvalue weighted by atomic mass is 16.5. The van der Waals surface area contributed by atoms with Crippen LogP contribution in [0.25, 0.3) is 6.08 Å². The van der Waals surface area contributed by atoms with Crippen molar-refractivity contribution in [3.05, 3.63) is 35.1 Å². The number of hydrogen-bond acceptors (Lipinski definition) is 3. The molecule has 0 aliphatic heterocycles. The van der Waals surface area contributed by atoms with E-state index >= 15 is 0 Å². The van der Waals surface area contributed by atoms with E-state index in [0.29, 0.717) is 13.2 Å². The van der Waals surface area contributed by atoms with Gasteiger partial charge < -0.3 is 14.8 Å². The number of nitrogens with one attached hydrogen (secondary N) is 1. The smallest absolute Gasteiger partial charge is 0.207 e. The summed E-state index contributed by atoms with van der Waals surface area (Å²) in [5, 5.41) is 2.65. The molecule has 0 saturated carbocycles. The van der Waals surface area contributed by atoms with Gasteiger partial charge >= 0.3 is 0 Å². The predicted molar refractivity (Wildman–Crippen MR) is 108 cm³/mol. The van der Waals surface area contributed by atoms with Gasteiger partial charge in [-0.3, -0.25) is 4.79 Å². The Balaban J connectivity index is 2.34. The molecule has 0 saturated heterocycles. The summed E-state index contributed by atoms with van der Waals surface area (Å²) in [6.45, 7) is 8.47. The van der Waals surface area contributed by atoms with Crippen molar-refractivity contribution in [2.45, 2.75) is 65.7 Å². The summed E-state index contributed by atoms with van der Waals surface area (Å²) in [5.41, 5.74) is 2.34. The molecule has 0 bridgehead atoms. The minimum atomic E-state index is 0.668. The first-order chi connectivity index (χ1) is 12.7. The summed E-state index contributed by atoms with van der Waals surface area (Å²) < 4.78 is 11.6. The van der Waals surface area contributed by atoms with E-state index in [1.54, 1.807) is 0 Å². The van der Waals surface area contributed by atoms with Crippen molar-refractivity contribution < 1.29 is 14.3 Å². The van der Waals surface area contributed by atoms with Gasteiger partial charge in [0, 0.05) is 6.54 Å². The summed E-state index contributed by atoms with van der Waals surface area (Å²) in [6.07, 6.45) is 10.9. The van der Waals surface area contributed by atoms with Crippen molar-refractivity contribution in [3.8, 4) is 5.75 Å². The lowest BCUT2D eigenvalue weighted by Gasteiger charge is -2.10. The molecule has 4 nitrogen and oxygen atoms in total. The fraction of sp³-hybridized carbons (Fsp3) is 0.591. The number of aryl methyl sites for hydroxylation is 1. The molecule has 1 aromatic rings. The van der Waals surface area contributed by atoms with Crippen molar-refractivity contribution in [3.63, 3.8) is 0 Å². The van der Waals surface area contributed by atoms with Crippen LogP contribution in [0, 0.1) is 6.92 Å². The Morgan fingerprint density at radius 3 is 2.58 bits per heavy atom. The van der Waals surface area contributed by atoms with Crippen LogP contribution in [0.1, 0.15) is 69.9 Å². The maximum atomic E-state index is 10.2. The average Bonchev–Trinajstić information content (AvgIpc) is 2.63. The number of carbonyl (C=O) groups is 1. The highest BCUT2D eigenvalue weighted by Gasteiger charge is 2.01. The second-order valence-electron chi connectivity index (χ2n) is 6.66. The van der Waals surface area contributed by atoms with E-state index in [1.807, 2.05) is 13.0 Å². The molecule has 1 aromatic carbocycles. The second-order valence-corrected chi connectivity index (χ2v) is 6.66. The van der Waals surface area contributed by atoms with Crippen molar-refractivity contribution in [1.82, 2.24) is 5.32 Å². The molecule has 1 rings (SSSR count). The normalized spacial score (nSPS) is 11.3. The highest BCUT2D eigenvalue weighted by molar-refractivity contribution is 5.56. The second kappa shape index (κ2) is 14.2. The highest BCUT2D eigenvalue weighted by Crippen LogP contribution is 2.20. The molecule has 0 unspecified atom stereocenters. The lowest BCUT2D eigenvalue weighted by atomic mass is 10.1. The first-order valence-electron chi connectivity index (χ1n) is 9.89. The monoisotopic (exact) mass is 361 g/mol.